The quantitative estimate of drug-likeness (QED) is 0.536. The Balaban J connectivity index is 2.72. The second kappa shape index (κ2) is 9.27. The summed E-state index contributed by atoms with van der Waals surface area (Å²) < 4.78 is 15.9. The molecule has 2 aromatic rings. The van der Waals surface area contributed by atoms with E-state index in [1.165, 1.54) is 33.5 Å². The van der Waals surface area contributed by atoms with Gasteiger partial charge in [-0.3, -0.25) is 4.79 Å². The lowest BCUT2D eigenvalue weighted by atomic mass is 9.98. The molecular formula is C21H21NO6. The molecule has 1 amide bonds. The summed E-state index contributed by atoms with van der Waals surface area (Å²) in [4.78, 5) is 24.0. The zero-order valence-electron chi connectivity index (χ0n) is 15.8. The number of amides is 1. The van der Waals surface area contributed by atoms with Crippen LogP contribution in [0.15, 0.2) is 53.6 Å². The molecule has 0 aliphatic heterocycles. The Kier molecular flexibility index (Phi) is 6.81. The van der Waals surface area contributed by atoms with Crippen molar-refractivity contribution in [1.82, 2.24) is 0 Å². The molecule has 0 atom stereocenters. The van der Waals surface area contributed by atoms with Gasteiger partial charge in [0.15, 0.2) is 0 Å². The predicted molar refractivity (Wildman–Crippen MR) is 105 cm³/mol. The number of rotatable bonds is 8. The highest BCUT2D eigenvalue weighted by molar-refractivity contribution is 6.13. The van der Waals surface area contributed by atoms with Crippen LogP contribution in [0.4, 0.5) is 0 Å². The van der Waals surface area contributed by atoms with Crippen LogP contribution in [0.5, 0.6) is 17.2 Å². The van der Waals surface area contributed by atoms with E-state index in [9.17, 15) is 14.7 Å². The van der Waals surface area contributed by atoms with Crippen LogP contribution in [0.3, 0.4) is 0 Å². The smallest absolute Gasteiger partial charge is 0.336 e. The third kappa shape index (κ3) is 4.70. The largest absolute Gasteiger partial charge is 0.496 e. The minimum absolute atomic E-state index is 0.154. The first-order valence-electron chi connectivity index (χ1n) is 8.23. The fourth-order valence-electron chi connectivity index (χ4n) is 2.57. The Morgan fingerprint density at radius 2 is 1.46 bits per heavy atom. The van der Waals surface area contributed by atoms with E-state index >= 15 is 0 Å². The number of carbonyl (C=O) groups excluding carboxylic acids is 1. The number of carbonyl (C=O) groups is 2. The first kappa shape index (κ1) is 20.6. The summed E-state index contributed by atoms with van der Waals surface area (Å²) in [6, 6.07) is 12.0. The Hall–Kier alpha value is -3.74. The summed E-state index contributed by atoms with van der Waals surface area (Å²) in [6.45, 7) is 0. The molecule has 0 spiro atoms. The Morgan fingerprint density at radius 3 is 1.89 bits per heavy atom. The van der Waals surface area contributed by atoms with E-state index in [-0.39, 0.29) is 11.1 Å². The van der Waals surface area contributed by atoms with Gasteiger partial charge in [-0.2, -0.15) is 0 Å². The van der Waals surface area contributed by atoms with Gasteiger partial charge in [0.2, 0.25) is 5.91 Å². The molecule has 0 aliphatic carbocycles. The lowest BCUT2D eigenvalue weighted by Gasteiger charge is -2.14. The topological polar surface area (TPSA) is 108 Å². The third-order valence-electron chi connectivity index (χ3n) is 3.94. The Labute approximate surface area is 162 Å². The highest BCUT2D eigenvalue weighted by atomic mass is 16.5. The highest BCUT2D eigenvalue weighted by Gasteiger charge is 2.21. The number of primary amides is 1. The van der Waals surface area contributed by atoms with Gasteiger partial charge in [0, 0.05) is 12.1 Å². The van der Waals surface area contributed by atoms with Crippen LogP contribution in [-0.2, 0) is 9.59 Å². The maximum atomic E-state index is 12.0. The minimum atomic E-state index is -1.32. The molecule has 28 heavy (non-hydrogen) atoms. The molecule has 0 bridgehead atoms. The lowest BCUT2D eigenvalue weighted by molar-refractivity contribution is -0.132. The molecule has 3 N–H and O–H groups in total. The number of carboxylic acids is 1. The molecule has 2 rings (SSSR count). The average molecular weight is 383 g/mol. The van der Waals surface area contributed by atoms with Crippen molar-refractivity contribution >= 4 is 24.0 Å². The van der Waals surface area contributed by atoms with Crippen LogP contribution < -0.4 is 19.9 Å². The number of aliphatic carboxylic acids is 1. The van der Waals surface area contributed by atoms with E-state index in [4.69, 9.17) is 19.9 Å². The number of ether oxygens (including phenoxy) is 3. The van der Waals surface area contributed by atoms with Crippen molar-refractivity contribution in [3.05, 3.63) is 64.7 Å². The van der Waals surface area contributed by atoms with E-state index < -0.39 is 11.9 Å². The molecular weight excluding hydrogens is 362 g/mol. The predicted octanol–water partition coefficient (Wildman–Crippen LogP) is 2.75. The van der Waals surface area contributed by atoms with Gasteiger partial charge in [0.1, 0.15) is 17.2 Å². The third-order valence-corrected chi connectivity index (χ3v) is 3.94. The van der Waals surface area contributed by atoms with E-state index in [0.29, 0.717) is 28.4 Å². The number of hydrogen-bond donors (Lipinski definition) is 2. The van der Waals surface area contributed by atoms with Crippen molar-refractivity contribution in [3.8, 4) is 17.2 Å². The number of carboxylic acid groups (broad SMARTS) is 1. The molecule has 146 valence electrons. The summed E-state index contributed by atoms with van der Waals surface area (Å²) in [5.41, 5.74) is 6.00. The Bertz CT molecular complexity index is 906. The van der Waals surface area contributed by atoms with Gasteiger partial charge >= 0.3 is 5.97 Å². The molecule has 0 aliphatic rings. The van der Waals surface area contributed by atoms with Crippen LogP contribution in [0.1, 0.15) is 11.1 Å². The van der Waals surface area contributed by atoms with Gasteiger partial charge in [-0.1, -0.05) is 30.3 Å². The zero-order valence-corrected chi connectivity index (χ0v) is 15.8. The molecule has 0 fully saturated rings. The maximum absolute atomic E-state index is 12.0. The van der Waals surface area contributed by atoms with Crippen molar-refractivity contribution in [1.29, 1.82) is 0 Å². The molecule has 0 unspecified atom stereocenters. The van der Waals surface area contributed by atoms with Crippen LogP contribution >= 0.6 is 0 Å². The minimum Gasteiger partial charge on any atom is -0.496 e. The molecule has 0 aromatic heterocycles. The van der Waals surface area contributed by atoms with Gasteiger partial charge in [-0.15, -0.1) is 0 Å². The van der Waals surface area contributed by atoms with Crippen molar-refractivity contribution in [2.75, 3.05) is 21.3 Å². The van der Waals surface area contributed by atoms with Gasteiger partial charge in [0.25, 0.3) is 0 Å². The van der Waals surface area contributed by atoms with E-state index in [1.54, 1.807) is 36.4 Å². The lowest BCUT2D eigenvalue weighted by Crippen LogP contribution is -2.19. The SMILES string of the molecule is COc1cc(OC)c(/C=C(C(=O)O)\C(=C\c2ccccc2)C(N)=O)c(OC)c1. The van der Waals surface area contributed by atoms with E-state index in [0.717, 1.165) is 0 Å². The Morgan fingerprint density at radius 1 is 0.893 bits per heavy atom. The van der Waals surface area contributed by atoms with Gasteiger partial charge in [-0.05, 0) is 17.7 Å². The van der Waals surface area contributed by atoms with Crippen molar-refractivity contribution < 1.29 is 28.9 Å². The van der Waals surface area contributed by atoms with Crippen LogP contribution in [0, 0.1) is 0 Å². The first-order chi connectivity index (χ1) is 13.4. The van der Waals surface area contributed by atoms with Crippen molar-refractivity contribution in [2.45, 2.75) is 0 Å². The molecule has 7 nitrogen and oxygen atoms in total. The highest BCUT2D eigenvalue weighted by Crippen LogP contribution is 2.36. The molecule has 2 aromatic carbocycles. The van der Waals surface area contributed by atoms with Gasteiger partial charge < -0.3 is 25.1 Å². The summed E-state index contributed by atoms with van der Waals surface area (Å²) >= 11 is 0. The molecule has 0 saturated carbocycles. The van der Waals surface area contributed by atoms with Crippen LogP contribution in [-0.4, -0.2) is 38.3 Å². The first-order valence-corrected chi connectivity index (χ1v) is 8.23. The number of hydrogen-bond acceptors (Lipinski definition) is 5. The van der Waals surface area contributed by atoms with Crippen molar-refractivity contribution in [2.24, 2.45) is 5.73 Å². The summed E-state index contributed by atoms with van der Waals surface area (Å²) in [5.74, 6) is -1.08. The summed E-state index contributed by atoms with van der Waals surface area (Å²) in [5, 5.41) is 9.74. The molecule has 0 heterocycles. The van der Waals surface area contributed by atoms with Gasteiger partial charge in [-0.25, -0.2) is 4.79 Å². The number of methoxy groups -OCH3 is 3. The second-order valence-electron chi connectivity index (χ2n) is 5.64. The second-order valence-corrected chi connectivity index (χ2v) is 5.64. The summed E-state index contributed by atoms with van der Waals surface area (Å²) in [7, 11) is 4.35. The maximum Gasteiger partial charge on any atom is 0.336 e. The monoisotopic (exact) mass is 383 g/mol. The van der Waals surface area contributed by atoms with Crippen LogP contribution in [0.2, 0.25) is 0 Å². The standard InChI is InChI=1S/C21H21NO6/c1-26-14-10-18(27-2)17(19(11-14)28-3)12-16(21(24)25)15(20(22)23)9-13-7-5-4-6-8-13/h4-12H,1-3H3,(H2,22,23)(H,24,25)/b15-9-,16-12+. The van der Waals surface area contributed by atoms with E-state index in [1.807, 2.05) is 6.07 Å². The number of benzene rings is 2. The zero-order chi connectivity index (χ0) is 20.7. The molecule has 0 radical (unpaired) electrons. The average Bonchev–Trinajstić information content (AvgIpc) is 2.70. The molecule has 7 heteroatoms. The van der Waals surface area contributed by atoms with Crippen LogP contribution in [0.25, 0.3) is 12.2 Å². The fourth-order valence-corrected chi connectivity index (χ4v) is 2.57. The molecule has 0 saturated heterocycles. The van der Waals surface area contributed by atoms with E-state index in [2.05, 4.69) is 0 Å². The summed E-state index contributed by atoms with van der Waals surface area (Å²) in [6.07, 6.45) is 2.71. The van der Waals surface area contributed by atoms with Gasteiger partial charge in [0.05, 0.1) is 38.0 Å². The fraction of sp³-hybridized carbons (Fsp3) is 0.143. The number of nitrogens with two attached hydrogens (primary N) is 1. The van der Waals surface area contributed by atoms with Crippen molar-refractivity contribution in [3.63, 3.8) is 0 Å². The normalized spacial score (nSPS) is 11.7.